The van der Waals surface area contributed by atoms with Gasteiger partial charge in [0, 0.05) is 11.6 Å². The first kappa shape index (κ1) is 11.1. The molecule has 78 valence electrons. The van der Waals surface area contributed by atoms with Gasteiger partial charge in [0.1, 0.15) is 5.75 Å². The molecule has 0 aliphatic rings. The molecule has 2 N–H and O–H groups in total. The van der Waals surface area contributed by atoms with Gasteiger partial charge < -0.3 is 10.4 Å². The van der Waals surface area contributed by atoms with Gasteiger partial charge in [0.2, 0.25) is 0 Å². The van der Waals surface area contributed by atoms with Crippen LogP contribution in [0, 0.1) is 0 Å². The predicted molar refractivity (Wildman–Crippen MR) is 59.7 cm³/mol. The molecule has 0 saturated carbocycles. The lowest BCUT2D eigenvalue weighted by Gasteiger charge is -2.15. The summed E-state index contributed by atoms with van der Waals surface area (Å²) in [5.74, 6) is 0.870. The molecule has 0 radical (unpaired) electrons. The van der Waals surface area contributed by atoms with Gasteiger partial charge in [0.05, 0.1) is 0 Å². The Morgan fingerprint density at radius 1 is 1.21 bits per heavy atom. The van der Waals surface area contributed by atoms with Gasteiger partial charge >= 0.3 is 0 Å². The van der Waals surface area contributed by atoms with E-state index in [1.165, 1.54) is 5.56 Å². The van der Waals surface area contributed by atoms with Crippen LogP contribution in [0.2, 0.25) is 0 Å². The van der Waals surface area contributed by atoms with Crippen molar-refractivity contribution < 1.29 is 5.11 Å². The molecule has 0 fully saturated rings. The van der Waals surface area contributed by atoms with Crippen molar-refractivity contribution in [2.75, 3.05) is 7.05 Å². The Balaban J connectivity index is 3.08. The monoisotopic (exact) mass is 193 g/mol. The van der Waals surface area contributed by atoms with E-state index in [9.17, 15) is 5.11 Å². The molecule has 1 aromatic carbocycles. The summed E-state index contributed by atoms with van der Waals surface area (Å²) in [5.41, 5.74) is 2.23. The Morgan fingerprint density at radius 2 is 1.86 bits per heavy atom. The van der Waals surface area contributed by atoms with Gasteiger partial charge in [0.15, 0.2) is 0 Å². The van der Waals surface area contributed by atoms with Gasteiger partial charge in [-0.05, 0) is 31.5 Å². The van der Waals surface area contributed by atoms with Crippen LogP contribution in [-0.4, -0.2) is 12.2 Å². The average Bonchev–Trinajstić information content (AvgIpc) is 2.17. The molecule has 1 aromatic rings. The molecule has 0 aliphatic heterocycles. The summed E-state index contributed by atoms with van der Waals surface area (Å²) in [4.78, 5) is 0. The van der Waals surface area contributed by atoms with Crippen LogP contribution in [0.25, 0.3) is 0 Å². The van der Waals surface area contributed by atoms with Crippen molar-refractivity contribution in [1.29, 1.82) is 0 Å². The summed E-state index contributed by atoms with van der Waals surface area (Å²) in [6.07, 6.45) is 0. The first-order valence-electron chi connectivity index (χ1n) is 5.06. The highest BCUT2D eigenvalue weighted by Crippen LogP contribution is 2.27. The normalized spacial score (nSPS) is 13.2. The summed E-state index contributed by atoms with van der Waals surface area (Å²) in [5, 5.41) is 12.8. The minimum atomic E-state index is 0.189. The van der Waals surface area contributed by atoms with Gasteiger partial charge in [-0.2, -0.15) is 0 Å². The summed E-state index contributed by atoms with van der Waals surface area (Å²) in [6, 6.07) is 6.01. The summed E-state index contributed by atoms with van der Waals surface area (Å²) >= 11 is 0. The van der Waals surface area contributed by atoms with Crippen LogP contribution in [-0.2, 0) is 0 Å². The van der Waals surface area contributed by atoms with E-state index in [0.29, 0.717) is 11.7 Å². The second-order valence-electron chi connectivity index (χ2n) is 3.98. The van der Waals surface area contributed by atoms with E-state index in [1.807, 2.05) is 20.0 Å². The maximum atomic E-state index is 9.68. The van der Waals surface area contributed by atoms with E-state index < -0.39 is 0 Å². The summed E-state index contributed by atoms with van der Waals surface area (Å²) < 4.78 is 0. The number of hydrogen-bond acceptors (Lipinski definition) is 2. The van der Waals surface area contributed by atoms with Crippen molar-refractivity contribution in [3.05, 3.63) is 29.3 Å². The molecule has 0 saturated heterocycles. The minimum Gasteiger partial charge on any atom is -0.508 e. The van der Waals surface area contributed by atoms with Crippen LogP contribution < -0.4 is 5.32 Å². The van der Waals surface area contributed by atoms with E-state index in [-0.39, 0.29) is 6.04 Å². The van der Waals surface area contributed by atoms with Crippen LogP contribution >= 0.6 is 0 Å². The molecule has 14 heavy (non-hydrogen) atoms. The third kappa shape index (κ3) is 2.26. The largest absolute Gasteiger partial charge is 0.508 e. The molecule has 0 aliphatic carbocycles. The van der Waals surface area contributed by atoms with Crippen LogP contribution in [0.1, 0.15) is 43.9 Å². The van der Waals surface area contributed by atoms with Gasteiger partial charge in [-0.1, -0.05) is 26.0 Å². The van der Waals surface area contributed by atoms with Crippen molar-refractivity contribution in [1.82, 2.24) is 5.32 Å². The molecule has 0 aromatic heterocycles. The molecule has 2 nitrogen and oxygen atoms in total. The molecule has 1 atom stereocenters. The maximum absolute atomic E-state index is 9.68. The fraction of sp³-hybridized carbons (Fsp3) is 0.500. The van der Waals surface area contributed by atoms with E-state index in [4.69, 9.17) is 0 Å². The van der Waals surface area contributed by atoms with E-state index in [1.54, 1.807) is 6.07 Å². The Morgan fingerprint density at radius 3 is 2.36 bits per heavy atom. The van der Waals surface area contributed by atoms with Crippen LogP contribution in [0.15, 0.2) is 18.2 Å². The first-order valence-corrected chi connectivity index (χ1v) is 5.06. The van der Waals surface area contributed by atoms with E-state index >= 15 is 0 Å². The minimum absolute atomic E-state index is 0.189. The lowest BCUT2D eigenvalue weighted by molar-refractivity contribution is 0.457. The fourth-order valence-electron chi connectivity index (χ4n) is 1.43. The van der Waals surface area contributed by atoms with Crippen molar-refractivity contribution >= 4 is 0 Å². The van der Waals surface area contributed by atoms with Crippen molar-refractivity contribution in [2.45, 2.75) is 32.7 Å². The second-order valence-corrected chi connectivity index (χ2v) is 3.98. The average molecular weight is 193 g/mol. The smallest absolute Gasteiger partial charge is 0.120 e. The lowest BCUT2D eigenvalue weighted by atomic mass is 9.97. The zero-order valence-corrected chi connectivity index (χ0v) is 9.33. The molecule has 0 heterocycles. The highest BCUT2D eigenvalue weighted by molar-refractivity contribution is 5.39. The van der Waals surface area contributed by atoms with Crippen molar-refractivity contribution in [3.63, 3.8) is 0 Å². The van der Waals surface area contributed by atoms with Gasteiger partial charge in [0.25, 0.3) is 0 Å². The number of aromatic hydroxyl groups is 1. The molecule has 0 bridgehead atoms. The zero-order chi connectivity index (χ0) is 10.7. The molecule has 2 heteroatoms. The van der Waals surface area contributed by atoms with E-state index in [0.717, 1.165) is 5.56 Å². The molecular formula is C12H19NO. The van der Waals surface area contributed by atoms with Crippen molar-refractivity contribution in [3.8, 4) is 5.75 Å². The fourth-order valence-corrected chi connectivity index (χ4v) is 1.43. The third-order valence-electron chi connectivity index (χ3n) is 2.62. The number of phenols is 1. The highest BCUT2D eigenvalue weighted by atomic mass is 16.3. The molecule has 1 rings (SSSR count). The predicted octanol–water partition coefficient (Wildman–Crippen LogP) is 2.80. The van der Waals surface area contributed by atoms with Crippen LogP contribution in [0.4, 0.5) is 0 Å². The quantitative estimate of drug-likeness (QED) is 0.773. The molecular weight excluding hydrogens is 174 g/mol. The van der Waals surface area contributed by atoms with Crippen molar-refractivity contribution in [2.24, 2.45) is 0 Å². The molecule has 0 amide bonds. The Labute approximate surface area is 86.0 Å². The number of nitrogens with one attached hydrogen (secondary N) is 1. The highest BCUT2D eigenvalue weighted by Gasteiger charge is 2.10. The van der Waals surface area contributed by atoms with Crippen LogP contribution in [0.3, 0.4) is 0 Å². The topological polar surface area (TPSA) is 32.3 Å². The SMILES string of the molecule is CN[C@H](C)c1cc(C(C)C)ccc1O. The van der Waals surface area contributed by atoms with Gasteiger partial charge in [-0.3, -0.25) is 0 Å². The molecule has 0 unspecified atom stereocenters. The third-order valence-corrected chi connectivity index (χ3v) is 2.62. The zero-order valence-electron chi connectivity index (χ0n) is 9.33. The maximum Gasteiger partial charge on any atom is 0.120 e. The van der Waals surface area contributed by atoms with Gasteiger partial charge in [-0.25, -0.2) is 0 Å². The lowest BCUT2D eigenvalue weighted by Crippen LogP contribution is -2.12. The Bertz CT molecular complexity index is 307. The van der Waals surface area contributed by atoms with Gasteiger partial charge in [-0.15, -0.1) is 0 Å². The standard InChI is InChI=1S/C12H19NO/c1-8(2)10-5-6-12(14)11(7-10)9(3)13-4/h5-9,13-14H,1-4H3/t9-/m1/s1. The second kappa shape index (κ2) is 4.47. The number of phenolic OH excluding ortho intramolecular Hbond substituents is 1. The number of rotatable bonds is 3. The Hall–Kier alpha value is -1.02. The summed E-state index contributed by atoms with van der Waals surface area (Å²) in [7, 11) is 1.89. The molecule has 0 spiro atoms. The number of hydrogen-bond donors (Lipinski definition) is 2. The first-order chi connectivity index (χ1) is 6.56. The van der Waals surface area contributed by atoms with Crippen LogP contribution in [0.5, 0.6) is 5.75 Å². The number of benzene rings is 1. The summed E-state index contributed by atoms with van der Waals surface area (Å²) in [6.45, 7) is 6.35. The Kier molecular flexibility index (Phi) is 3.53. The van der Waals surface area contributed by atoms with E-state index in [2.05, 4.69) is 25.2 Å².